The first kappa shape index (κ1) is 16.0. The van der Waals surface area contributed by atoms with Crippen LogP contribution in [0.1, 0.15) is 17.3 Å². The number of ketones is 1. The van der Waals surface area contributed by atoms with Crippen molar-refractivity contribution in [3.8, 4) is 11.5 Å². The number of halogens is 1. The summed E-state index contributed by atoms with van der Waals surface area (Å²) in [6.07, 6.45) is 0. The summed E-state index contributed by atoms with van der Waals surface area (Å²) in [5, 5.41) is 0. The van der Waals surface area contributed by atoms with Crippen molar-refractivity contribution in [2.24, 2.45) is 0 Å². The van der Waals surface area contributed by atoms with Gasteiger partial charge < -0.3 is 8.92 Å². The van der Waals surface area contributed by atoms with E-state index in [0.29, 0.717) is 5.56 Å². The van der Waals surface area contributed by atoms with Crippen LogP contribution in [0, 0.1) is 5.82 Å². The van der Waals surface area contributed by atoms with Crippen LogP contribution in [-0.2, 0) is 10.1 Å². The molecule has 0 aliphatic carbocycles. The molecule has 0 bridgehead atoms. The molecule has 2 rings (SSSR count). The van der Waals surface area contributed by atoms with Crippen LogP contribution in [0.4, 0.5) is 4.39 Å². The number of rotatable bonds is 5. The van der Waals surface area contributed by atoms with Gasteiger partial charge in [-0.05, 0) is 43.3 Å². The predicted molar refractivity (Wildman–Crippen MR) is 77.2 cm³/mol. The molecule has 22 heavy (non-hydrogen) atoms. The lowest BCUT2D eigenvalue weighted by atomic mass is 10.1. The van der Waals surface area contributed by atoms with E-state index in [-0.39, 0.29) is 22.2 Å². The van der Waals surface area contributed by atoms with E-state index in [4.69, 9.17) is 8.92 Å². The summed E-state index contributed by atoms with van der Waals surface area (Å²) in [6.45, 7) is 1.37. The molecule has 0 aliphatic rings. The molecule has 2 aromatic carbocycles. The summed E-state index contributed by atoms with van der Waals surface area (Å²) in [7, 11) is -2.89. The van der Waals surface area contributed by atoms with Crippen molar-refractivity contribution in [1.29, 1.82) is 0 Å². The summed E-state index contributed by atoms with van der Waals surface area (Å²) in [6, 6.07) is 8.57. The van der Waals surface area contributed by atoms with Crippen LogP contribution in [0.3, 0.4) is 0 Å². The summed E-state index contributed by atoms with van der Waals surface area (Å²) in [4.78, 5) is 11.0. The molecule has 116 valence electrons. The smallest absolute Gasteiger partial charge is 0.339 e. The number of hydrogen-bond acceptors (Lipinski definition) is 5. The highest BCUT2D eigenvalue weighted by atomic mass is 32.2. The lowest BCUT2D eigenvalue weighted by molar-refractivity contribution is 0.101. The van der Waals surface area contributed by atoms with Gasteiger partial charge in [-0.15, -0.1) is 0 Å². The zero-order valence-electron chi connectivity index (χ0n) is 11.9. The standard InChI is InChI=1S/C15H13FO5S/c1-10(17)11-6-7-14(15(8-11)20-2)21-22(18,19)13-5-3-4-12(16)9-13/h3-9H,1-2H3. The molecule has 0 amide bonds. The molecule has 0 atom stereocenters. The maximum atomic E-state index is 13.1. The van der Waals surface area contributed by atoms with Crippen LogP contribution < -0.4 is 8.92 Å². The van der Waals surface area contributed by atoms with Gasteiger partial charge in [0.25, 0.3) is 0 Å². The summed E-state index contributed by atoms with van der Waals surface area (Å²) >= 11 is 0. The summed E-state index contributed by atoms with van der Waals surface area (Å²) in [5.74, 6) is -0.883. The number of Topliss-reactive ketones (excluding diaryl/α,β-unsaturated/α-hetero) is 1. The van der Waals surface area contributed by atoms with Crippen LogP contribution in [0.25, 0.3) is 0 Å². The molecule has 0 radical (unpaired) electrons. The maximum absolute atomic E-state index is 13.1. The van der Waals surface area contributed by atoms with Crippen molar-refractivity contribution in [1.82, 2.24) is 0 Å². The molecule has 0 fully saturated rings. The largest absolute Gasteiger partial charge is 0.493 e. The second-order valence-corrected chi connectivity index (χ2v) is 5.96. The van der Waals surface area contributed by atoms with Gasteiger partial charge in [-0.25, -0.2) is 4.39 Å². The van der Waals surface area contributed by atoms with Gasteiger partial charge in [-0.3, -0.25) is 4.79 Å². The number of hydrogen-bond donors (Lipinski definition) is 0. The Morgan fingerprint density at radius 3 is 2.41 bits per heavy atom. The second kappa shape index (κ2) is 6.15. The molecule has 2 aromatic rings. The molecule has 0 unspecified atom stereocenters. The molecule has 0 saturated heterocycles. The van der Waals surface area contributed by atoms with E-state index in [1.54, 1.807) is 0 Å². The number of methoxy groups -OCH3 is 1. The van der Waals surface area contributed by atoms with Gasteiger partial charge in [0, 0.05) is 5.56 Å². The predicted octanol–water partition coefficient (Wildman–Crippen LogP) is 2.80. The highest BCUT2D eigenvalue weighted by molar-refractivity contribution is 7.87. The van der Waals surface area contributed by atoms with Crippen LogP contribution in [0.2, 0.25) is 0 Å². The van der Waals surface area contributed by atoms with Crippen molar-refractivity contribution in [3.05, 3.63) is 53.8 Å². The van der Waals surface area contributed by atoms with Crippen LogP contribution in [-0.4, -0.2) is 21.3 Å². The zero-order valence-corrected chi connectivity index (χ0v) is 12.7. The van der Waals surface area contributed by atoms with Crippen LogP contribution in [0.15, 0.2) is 47.4 Å². The number of benzene rings is 2. The number of carbonyl (C=O) groups is 1. The fourth-order valence-corrected chi connectivity index (χ4v) is 2.72. The van der Waals surface area contributed by atoms with Gasteiger partial charge >= 0.3 is 10.1 Å². The Morgan fingerprint density at radius 1 is 1.09 bits per heavy atom. The Balaban J connectivity index is 2.39. The second-order valence-electron chi connectivity index (χ2n) is 4.42. The average molecular weight is 324 g/mol. The van der Waals surface area contributed by atoms with E-state index >= 15 is 0 Å². The number of ether oxygens (including phenoxy) is 1. The first-order chi connectivity index (χ1) is 10.3. The quantitative estimate of drug-likeness (QED) is 0.625. The fraction of sp³-hybridized carbons (Fsp3) is 0.133. The van der Waals surface area contributed by atoms with E-state index in [1.807, 2.05) is 0 Å². The van der Waals surface area contributed by atoms with E-state index in [2.05, 4.69) is 0 Å². The minimum Gasteiger partial charge on any atom is -0.493 e. The van der Waals surface area contributed by atoms with Gasteiger partial charge in [0.2, 0.25) is 0 Å². The minimum absolute atomic E-state index is 0.0863. The molecule has 0 saturated carbocycles. The van der Waals surface area contributed by atoms with E-state index in [9.17, 15) is 17.6 Å². The third-order valence-corrected chi connectivity index (χ3v) is 4.08. The van der Waals surface area contributed by atoms with Gasteiger partial charge in [-0.2, -0.15) is 8.42 Å². The average Bonchev–Trinajstić information content (AvgIpc) is 2.47. The van der Waals surface area contributed by atoms with E-state index in [1.165, 1.54) is 44.4 Å². The molecule has 0 aliphatic heterocycles. The van der Waals surface area contributed by atoms with Gasteiger partial charge in [-0.1, -0.05) is 6.07 Å². The van der Waals surface area contributed by atoms with Crippen LogP contribution >= 0.6 is 0 Å². The van der Waals surface area contributed by atoms with Crippen LogP contribution in [0.5, 0.6) is 11.5 Å². The fourth-order valence-electron chi connectivity index (χ4n) is 1.74. The summed E-state index contributed by atoms with van der Waals surface area (Å²) in [5.41, 5.74) is 0.354. The van der Waals surface area contributed by atoms with Crippen molar-refractivity contribution in [3.63, 3.8) is 0 Å². The minimum atomic E-state index is -4.21. The Labute approximate surface area is 127 Å². The molecular formula is C15H13FO5S. The highest BCUT2D eigenvalue weighted by Crippen LogP contribution is 2.31. The van der Waals surface area contributed by atoms with Crippen molar-refractivity contribution < 1.29 is 26.5 Å². The number of carbonyl (C=O) groups excluding carboxylic acids is 1. The normalized spacial score (nSPS) is 11.0. The molecule has 7 heteroatoms. The van der Waals surface area contributed by atoms with E-state index in [0.717, 1.165) is 12.1 Å². The topological polar surface area (TPSA) is 69.7 Å². The SMILES string of the molecule is COc1cc(C(C)=O)ccc1OS(=O)(=O)c1cccc(F)c1. The molecular weight excluding hydrogens is 311 g/mol. The van der Waals surface area contributed by atoms with Crippen molar-refractivity contribution in [2.45, 2.75) is 11.8 Å². The molecule has 0 spiro atoms. The summed E-state index contributed by atoms with van der Waals surface area (Å²) < 4.78 is 47.4. The van der Waals surface area contributed by atoms with Crippen molar-refractivity contribution in [2.75, 3.05) is 7.11 Å². The van der Waals surface area contributed by atoms with Gasteiger partial charge in [0.15, 0.2) is 17.3 Å². The monoisotopic (exact) mass is 324 g/mol. The highest BCUT2D eigenvalue weighted by Gasteiger charge is 2.20. The lowest BCUT2D eigenvalue weighted by Gasteiger charge is -2.11. The first-order valence-electron chi connectivity index (χ1n) is 6.22. The Hall–Kier alpha value is -2.41. The Kier molecular flexibility index (Phi) is 4.46. The molecule has 0 N–H and O–H groups in total. The first-order valence-corrected chi connectivity index (χ1v) is 7.63. The Morgan fingerprint density at radius 2 is 1.82 bits per heavy atom. The lowest BCUT2D eigenvalue weighted by Crippen LogP contribution is -2.11. The maximum Gasteiger partial charge on any atom is 0.339 e. The Bertz CT molecular complexity index is 814. The third kappa shape index (κ3) is 3.43. The zero-order chi connectivity index (χ0) is 16.3. The molecule has 0 heterocycles. The van der Waals surface area contributed by atoms with Crippen molar-refractivity contribution >= 4 is 15.9 Å². The molecule has 0 aromatic heterocycles. The van der Waals surface area contributed by atoms with Gasteiger partial charge in [0.05, 0.1) is 7.11 Å². The van der Waals surface area contributed by atoms with E-state index < -0.39 is 15.9 Å². The van der Waals surface area contributed by atoms with Gasteiger partial charge in [0.1, 0.15) is 10.7 Å². The molecule has 5 nitrogen and oxygen atoms in total. The third-order valence-electron chi connectivity index (χ3n) is 2.85.